The summed E-state index contributed by atoms with van der Waals surface area (Å²) in [6, 6.07) is 5.56. The largest absolute Gasteiger partial charge is 0.405 e. The van der Waals surface area contributed by atoms with Gasteiger partial charge in [-0.15, -0.1) is 0 Å². The Hall–Kier alpha value is -2.91. The maximum absolute atomic E-state index is 12.4. The number of rotatable bonds is 5. The van der Waals surface area contributed by atoms with Crippen LogP contribution >= 0.6 is 0 Å². The van der Waals surface area contributed by atoms with E-state index in [4.69, 9.17) is 0 Å². The second-order valence-corrected chi connectivity index (χ2v) is 7.15. The lowest BCUT2D eigenvalue weighted by molar-refractivity contribution is -0.142. The number of benzene rings is 1. The summed E-state index contributed by atoms with van der Waals surface area (Å²) in [6.07, 6.45) is -1.60. The van der Waals surface area contributed by atoms with Crippen LogP contribution in [0.15, 0.2) is 24.3 Å². The van der Waals surface area contributed by atoms with Crippen LogP contribution in [-0.2, 0) is 14.4 Å². The summed E-state index contributed by atoms with van der Waals surface area (Å²) in [5.41, 5.74) is -0.161. The minimum atomic E-state index is -4.57. The number of fused-ring (bicyclic) bond motifs is 1. The van der Waals surface area contributed by atoms with Gasteiger partial charge in [-0.25, -0.2) is 0 Å². The van der Waals surface area contributed by atoms with Crippen molar-refractivity contribution in [3.63, 3.8) is 0 Å². The normalized spacial score (nSPS) is 21.7. The number of nitrogens with zero attached hydrogens (tertiary/aromatic N) is 1. The Morgan fingerprint density at radius 2 is 1.62 bits per heavy atom. The standard InChI is InChI=1S/C19H20F3N3O4/c20-19(21,22)10-23-16(27)13-7-3-4-8-14(13)24-15(26)9-25-17(28)11-5-1-2-6-12(11)18(25)29/h3-4,7-8,11-12H,1-2,5-6,9-10H2,(H,23,27)(H,24,26). The molecule has 3 rings (SSSR count). The Labute approximate surface area is 164 Å². The maximum atomic E-state index is 12.4. The molecule has 29 heavy (non-hydrogen) atoms. The molecule has 1 aliphatic carbocycles. The van der Waals surface area contributed by atoms with E-state index in [0.717, 1.165) is 17.7 Å². The van der Waals surface area contributed by atoms with Crippen LogP contribution in [0.2, 0.25) is 0 Å². The van der Waals surface area contributed by atoms with Gasteiger partial charge in [-0.3, -0.25) is 24.1 Å². The fourth-order valence-electron chi connectivity index (χ4n) is 3.79. The van der Waals surface area contributed by atoms with Crippen LogP contribution in [0.1, 0.15) is 36.0 Å². The van der Waals surface area contributed by atoms with Gasteiger partial charge in [0.05, 0.1) is 23.1 Å². The highest BCUT2D eigenvalue weighted by Gasteiger charge is 2.48. The van der Waals surface area contributed by atoms with Crippen molar-refractivity contribution < 1.29 is 32.3 Å². The summed E-state index contributed by atoms with van der Waals surface area (Å²) in [7, 11) is 0. The molecule has 1 aliphatic heterocycles. The summed E-state index contributed by atoms with van der Waals surface area (Å²) in [5.74, 6) is -3.22. The first-order chi connectivity index (χ1) is 13.7. The summed E-state index contributed by atoms with van der Waals surface area (Å²) in [4.78, 5) is 50.2. The summed E-state index contributed by atoms with van der Waals surface area (Å²) >= 11 is 0. The van der Waals surface area contributed by atoms with Crippen molar-refractivity contribution in [3.8, 4) is 0 Å². The molecule has 4 amide bonds. The number of halogens is 3. The number of hydrogen-bond acceptors (Lipinski definition) is 4. The molecule has 1 heterocycles. The molecule has 0 radical (unpaired) electrons. The molecule has 0 aromatic heterocycles. The molecule has 2 unspecified atom stereocenters. The van der Waals surface area contributed by atoms with E-state index in [1.54, 1.807) is 5.32 Å². The van der Waals surface area contributed by atoms with Gasteiger partial charge in [0, 0.05) is 0 Å². The van der Waals surface area contributed by atoms with Crippen LogP contribution < -0.4 is 10.6 Å². The smallest absolute Gasteiger partial charge is 0.343 e. The average Bonchev–Trinajstić information content (AvgIpc) is 2.91. The fourth-order valence-corrected chi connectivity index (χ4v) is 3.79. The molecule has 1 aromatic rings. The highest BCUT2D eigenvalue weighted by Crippen LogP contribution is 2.37. The van der Waals surface area contributed by atoms with E-state index in [0.29, 0.717) is 12.8 Å². The monoisotopic (exact) mass is 411 g/mol. The lowest BCUT2D eigenvalue weighted by atomic mass is 9.81. The third-order valence-corrected chi connectivity index (χ3v) is 5.13. The molecule has 2 aliphatic rings. The second kappa shape index (κ2) is 8.22. The Kier molecular flexibility index (Phi) is 5.90. The number of amides is 4. The van der Waals surface area contributed by atoms with E-state index in [1.165, 1.54) is 24.3 Å². The first-order valence-electron chi connectivity index (χ1n) is 9.26. The number of carbonyl (C=O) groups is 4. The third kappa shape index (κ3) is 4.75. The van der Waals surface area contributed by atoms with Crippen molar-refractivity contribution >= 4 is 29.3 Å². The number of alkyl halides is 3. The van der Waals surface area contributed by atoms with Gasteiger partial charge in [0.15, 0.2) is 0 Å². The van der Waals surface area contributed by atoms with E-state index < -0.39 is 31.1 Å². The van der Waals surface area contributed by atoms with E-state index in [2.05, 4.69) is 5.32 Å². The minimum absolute atomic E-state index is 0.00585. The van der Waals surface area contributed by atoms with Gasteiger partial charge >= 0.3 is 6.18 Å². The molecule has 2 atom stereocenters. The van der Waals surface area contributed by atoms with Crippen LogP contribution in [-0.4, -0.2) is 47.8 Å². The SMILES string of the molecule is O=C(CN1C(=O)C2CCCCC2C1=O)Nc1ccccc1C(=O)NCC(F)(F)F. The molecule has 10 heteroatoms. The predicted octanol–water partition coefficient (Wildman–Crippen LogP) is 2.09. The van der Waals surface area contributed by atoms with Gasteiger partial charge in [-0.05, 0) is 25.0 Å². The zero-order chi connectivity index (χ0) is 21.2. The Morgan fingerprint density at radius 1 is 1.03 bits per heavy atom. The van der Waals surface area contributed by atoms with E-state index in [9.17, 15) is 32.3 Å². The number of likely N-dealkylation sites (tertiary alicyclic amines) is 1. The Balaban J connectivity index is 1.66. The molecule has 156 valence electrons. The predicted molar refractivity (Wildman–Crippen MR) is 95.6 cm³/mol. The van der Waals surface area contributed by atoms with Crippen molar-refractivity contribution in [1.82, 2.24) is 10.2 Å². The number of para-hydroxylation sites is 1. The van der Waals surface area contributed by atoms with Crippen molar-refractivity contribution in [2.24, 2.45) is 11.8 Å². The number of anilines is 1. The van der Waals surface area contributed by atoms with Gasteiger partial charge in [-0.1, -0.05) is 25.0 Å². The fraction of sp³-hybridized carbons (Fsp3) is 0.474. The van der Waals surface area contributed by atoms with Crippen LogP contribution in [0, 0.1) is 11.8 Å². The molecular weight excluding hydrogens is 391 g/mol. The third-order valence-electron chi connectivity index (χ3n) is 5.13. The van der Waals surface area contributed by atoms with Crippen LogP contribution in [0.3, 0.4) is 0 Å². The highest BCUT2D eigenvalue weighted by molar-refractivity contribution is 6.10. The van der Waals surface area contributed by atoms with E-state index in [-0.39, 0.29) is 34.9 Å². The van der Waals surface area contributed by atoms with Crippen molar-refractivity contribution in [2.75, 3.05) is 18.4 Å². The quantitative estimate of drug-likeness (QED) is 0.726. The molecule has 1 saturated carbocycles. The van der Waals surface area contributed by atoms with Crippen LogP contribution in [0.25, 0.3) is 0 Å². The first-order valence-corrected chi connectivity index (χ1v) is 9.26. The van der Waals surface area contributed by atoms with Gasteiger partial charge in [-0.2, -0.15) is 13.2 Å². The van der Waals surface area contributed by atoms with Crippen molar-refractivity contribution in [2.45, 2.75) is 31.9 Å². The molecular formula is C19H20F3N3O4. The summed E-state index contributed by atoms with van der Waals surface area (Å²) in [6.45, 7) is -2.00. The number of carbonyl (C=O) groups excluding carboxylic acids is 4. The number of hydrogen-bond donors (Lipinski definition) is 2. The number of nitrogens with one attached hydrogen (secondary N) is 2. The molecule has 7 nitrogen and oxygen atoms in total. The van der Waals surface area contributed by atoms with E-state index >= 15 is 0 Å². The highest BCUT2D eigenvalue weighted by atomic mass is 19.4. The van der Waals surface area contributed by atoms with Crippen LogP contribution in [0.5, 0.6) is 0 Å². The first kappa shape index (κ1) is 20.8. The number of imide groups is 1. The van der Waals surface area contributed by atoms with Gasteiger partial charge in [0.2, 0.25) is 17.7 Å². The Bertz CT molecular complexity index is 816. The molecule has 2 N–H and O–H groups in total. The van der Waals surface area contributed by atoms with E-state index in [1.807, 2.05) is 0 Å². The van der Waals surface area contributed by atoms with Gasteiger partial charge in [0.1, 0.15) is 13.1 Å². The lowest BCUT2D eigenvalue weighted by Crippen LogP contribution is -2.38. The van der Waals surface area contributed by atoms with Gasteiger partial charge in [0.25, 0.3) is 5.91 Å². The molecule has 1 saturated heterocycles. The topological polar surface area (TPSA) is 95.6 Å². The molecule has 1 aromatic carbocycles. The summed E-state index contributed by atoms with van der Waals surface area (Å²) in [5, 5.41) is 4.15. The second-order valence-electron chi connectivity index (χ2n) is 7.15. The van der Waals surface area contributed by atoms with Gasteiger partial charge < -0.3 is 10.6 Å². The molecule has 0 spiro atoms. The summed E-state index contributed by atoms with van der Waals surface area (Å²) < 4.78 is 36.9. The zero-order valence-corrected chi connectivity index (χ0v) is 15.4. The maximum Gasteiger partial charge on any atom is 0.405 e. The van der Waals surface area contributed by atoms with Crippen molar-refractivity contribution in [3.05, 3.63) is 29.8 Å². The Morgan fingerprint density at radius 3 is 2.21 bits per heavy atom. The minimum Gasteiger partial charge on any atom is -0.343 e. The van der Waals surface area contributed by atoms with Crippen molar-refractivity contribution in [1.29, 1.82) is 0 Å². The average molecular weight is 411 g/mol. The van der Waals surface area contributed by atoms with Crippen LogP contribution in [0.4, 0.5) is 18.9 Å². The molecule has 0 bridgehead atoms. The lowest BCUT2D eigenvalue weighted by Gasteiger charge is -2.19. The molecule has 2 fully saturated rings. The zero-order valence-electron chi connectivity index (χ0n) is 15.4.